The topological polar surface area (TPSA) is 60.5 Å². The third-order valence-electron chi connectivity index (χ3n) is 4.60. The Kier molecular flexibility index (Phi) is 4.21. The zero-order valence-electron chi connectivity index (χ0n) is 14.8. The van der Waals surface area contributed by atoms with Crippen molar-refractivity contribution in [3.05, 3.63) is 65.4 Å². The van der Waals surface area contributed by atoms with E-state index >= 15 is 0 Å². The summed E-state index contributed by atoms with van der Waals surface area (Å²) in [5.41, 5.74) is 3.52. The molecule has 26 heavy (non-hydrogen) atoms. The summed E-state index contributed by atoms with van der Waals surface area (Å²) in [6.07, 6.45) is 2.79. The Hall–Kier alpha value is -3.08. The number of ether oxygens (including phenoxy) is 2. The number of nitrogens with one attached hydrogen (secondary N) is 1. The average molecular weight is 348 g/mol. The van der Waals surface area contributed by atoms with Gasteiger partial charge in [-0.2, -0.15) is 0 Å². The van der Waals surface area contributed by atoms with Gasteiger partial charge in [-0.25, -0.2) is 0 Å². The minimum absolute atomic E-state index is 0.132. The Labute approximate surface area is 152 Å². The van der Waals surface area contributed by atoms with Crippen molar-refractivity contribution in [2.75, 3.05) is 7.11 Å². The van der Waals surface area contributed by atoms with Gasteiger partial charge in [0.2, 0.25) is 0 Å². The molecule has 5 nitrogen and oxygen atoms in total. The minimum Gasteiger partial charge on any atom is -0.496 e. The maximum absolute atomic E-state index is 12.5. The van der Waals surface area contributed by atoms with Crippen molar-refractivity contribution in [3.8, 4) is 11.5 Å². The third-order valence-corrected chi connectivity index (χ3v) is 4.60. The first-order chi connectivity index (χ1) is 12.6. The molecule has 2 heterocycles. The van der Waals surface area contributed by atoms with E-state index in [1.165, 1.54) is 0 Å². The predicted octanol–water partition coefficient (Wildman–Crippen LogP) is 3.50. The highest BCUT2D eigenvalue weighted by Crippen LogP contribution is 2.34. The number of hydrogen-bond donors (Lipinski definition) is 1. The largest absolute Gasteiger partial charge is 0.496 e. The molecule has 0 unspecified atom stereocenters. The molecule has 0 spiro atoms. The highest BCUT2D eigenvalue weighted by molar-refractivity contribution is 5.97. The molecular formula is C21H20N2O3. The summed E-state index contributed by atoms with van der Waals surface area (Å²) in [4.78, 5) is 16.8. The molecule has 0 saturated carbocycles. The summed E-state index contributed by atoms with van der Waals surface area (Å²) >= 11 is 0. The van der Waals surface area contributed by atoms with Gasteiger partial charge in [-0.3, -0.25) is 9.78 Å². The number of methoxy groups -OCH3 is 1. The fraction of sp³-hybridized carbons (Fsp3) is 0.238. The Morgan fingerprint density at radius 1 is 1.31 bits per heavy atom. The molecule has 1 atom stereocenters. The molecule has 1 aliphatic heterocycles. The number of hydrogen-bond acceptors (Lipinski definition) is 4. The van der Waals surface area contributed by atoms with Crippen molar-refractivity contribution in [1.29, 1.82) is 0 Å². The molecule has 1 amide bonds. The normalized spacial score (nSPS) is 15.4. The first-order valence-electron chi connectivity index (χ1n) is 8.63. The summed E-state index contributed by atoms with van der Waals surface area (Å²) in [7, 11) is 1.64. The Morgan fingerprint density at radius 3 is 3.04 bits per heavy atom. The second-order valence-corrected chi connectivity index (χ2v) is 6.50. The molecule has 0 aliphatic carbocycles. The second-order valence-electron chi connectivity index (χ2n) is 6.50. The fourth-order valence-corrected chi connectivity index (χ4v) is 3.30. The van der Waals surface area contributed by atoms with Crippen LogP contribution in [0.2, 0.25) is 0 Å². The van der Waals surface area contributed by atoms with Crippen molar-refractivity contribution in [2.24, 2.45) is 0 Å². The van der Waals surface area contributed by atoms with Crippen molar-refractivity contribution < 1.29 is 14.3 Å². The number of rotatable bonds is 4. The molecule has 1 aliphatic rings. The van der Waals surface area contributed by atoms with Crippen LogP contribution in [-0.4, -0.2) is 24.1 Å². The molecule has 3 aromatic rings. The minimum atomic E-state index is -0.132. The van der Waals surface area contributed by atoms with Gasteiger partial charge < -0.3 is 14.8 Å². The van der Waals surface area contributed by atoms with Gasteiger partial charge in [0.05, 0.1) is 12.6 Å². The van der Waals surface area contributed by atoms with Crippen LogP contribution in [0.15, 0.2) is 48.7 Å². The Morgan fingerprint density at radius 2 is 2.19 bits per heavy atom. The smallest absolute Gasteiger partial charge is 0.251 e. The van der Waals surface area contributed by atoms with Gasteiger partial charge in [0, 0.05) is 41.2 Å². The summed E-state index contributed by atoms with van der Waals surface area (Å²) in [6, 6.07) is 13.3. The van der Waals surface area contributed by atoms with E-state index < -0.39 is 0 Å². The lowest BCUT2D eigenvalue weighted by Gasteiger charge is -2.12. The van der Waals surface area contributed by atoms with Gasteiger partial charge in [0.25, 0.3) is 5.91 Å². The quantitative estimate of drug-likeness (QED) is 0.784. The standard InChI is InChI=1S/C21H20N2O3/c1-13-8-16-10-19(25-2)17(11-20(16)26-13)12-23-21(24)15-5-6-18-14(9-15)4-3-7-22-18/h3-7,9-11,13H,8,12H2,1-2H3,(H,23,24)/t13-/m1/s1. The highest BCUT2D eigenvalue weighted by Gasteiger charge is 2.22. The molecule has 0 bridgehead atoms. The lowest BCUT2D eigenvalue weighted by Crippen LogP contribution is -2.23. The van der Waals surface area contributed by atoms with Crippen LogP contribution in [0.1, 0.15) is 28.4 Å². The van der Waals surface area contributed by atoms with E-state index in [0.717, 1.165) is 39.9 Å². The first-order valence-corrected chi connectivity index (χ1v) is 8.63. The first kappa shape index (κ1) is 16.4. The fourth-order valence-electron chi connectivity index (χ4n) is 3.30. The molecule has 132 valence electrons. The van der Waals surface area contributed by atoms with E-state index in [-0.39, 0.29) is 12.0 Å². The van der Waals surface area contributed by atoms with Gasteiger partial charge >= 0.3 is 0 Å². The van der Waals surface area contributed by atoms with Gasteiger partial charge in [-0.05, 0) is 43.3 Å². The van der Waals surface area contributed by atoms with E-state index in [0.29, 0.717) is 12.1 Å². The zero-order chi connectivity index (χ0) is 18.1. The number of aromatic nitrogens is 1. The number of carbonyl (C=O) groups excluding carboxylic acids is 1. The molecule has 0 saturated heterocycles. The number of pyridine rings is 1. The Balaban J connectivity index is 1.53. The van der Waals surface area contributed by atoms with Crippen LogP contribution in [0.3, 0.4) is 0 Å². The highest BCUT2D eigenvalue weighted by atomic mass is 16.5. The maximum Gasteiger partial charge on any atom is 0.251 e. The van der Waals surface area contributed by atoms with Gasteiger partial charge in [-0.1, -0.05) is 6.07 Å². The monoisotopic (exact) mass is 348 g/mol. The molecule has 1 aromatic heterocycles. The van der Waals surface area contributed by atoms with Crippen LogP contribution in [0.4, 0.5) is 0 Å². The molecule has 4 rings (SSSR count). The second kappa shape index (κ2) is 6.67. The van der Waals surface area contributed by atoms with Crippen molar-refractivity contribution >= 4 is 16.8 Å². The number of benzene rings is 2. The Bertz CT molecular complexity index is 984. The lowest BCUT2D eigenvalue weighted by molar-refractivity contribution is 0.0950. The third kappa shape index (κ3) is 3.08. The van der Waals surface area contributed by atoms with Gasteiger partial charge in [-0.15, -0.1) is 0 Å². The number of fused-ring (bicyclic) bond motifs is 2. The molecule has 0 fully saturated rings. The lowest BCUT2D eigenvalue weighted by atomic mass is 10.1. The van der Waals surface area contributed by atoms with Gasteiger partial charge in [0.15, 0.2) is 0 Å². The van der Waals surface area contributed by atoms with Crippen LogP contribution < -0.4 is 14.8 Å². The molecule has 0 radical (unpaired) electrons. The van der Waals surface area contributed by atoms with Crippen LogP contribution >= 0.6 is 0 Å². The van der Waals surface area contributed by atoms with Gasteiger partial charge in [0.1, 0.15) is 17.6 Å². The average Bonchev–Trinajstić information content (AvgIpc) is 3.03. The maximum atomic E-state index is 12.5. The summed E-state index contributed by atoms with van der Waals surface area (Å²) in [5.74, 6) is 1.51. The van der Waals surface area contributed by atoms with E-state index in [1.54, 1.807) is 19.4 Å². The van der Waals surface area contributed by atoms with E-state index in [4.69, 9.17) is 9.47 Å². The number of carbonyl (C=O) groups is 1. The number of nitrogens with zero attached hydrogens (tertiary/aromatic N) is 1. The van der Waals surface area contributed by atoms with Crippen molar-refractivity contribution in [1.82, 2.24) is 10.3 Å². The van der Waals surface area contributed by atoms with Crippen LogP contribution in [0, 0.1) is 0 Å². The number of amides is 1. The molecule has 5 heteroatoms. The van der Waals surface area contributed by atoms with Crippen molar-refractivity contribution in [3.63, 3.8) is 0 Å². The van der Waals surface area contributed by atoms with Crippen molar-refractivity contribution in [2.45, 2.75) is 26.0 Å². The zero-order valence-corrected chi connectivity index (χ0v) is 14.8. The predicted molar refractivity (Wildman–Crippen MR) is 99.7 cm³/mol. The summed E-state index contributed by atoms with van der Waals surface area (Å²) in [6.45, 7) is 2.42. The SMILES string of the molecule is COc1cc2c(cc1CNC(=O)c1ccc3ncccc3c1)O[C@H](C)C2. The summed E-state index contributed by atoms with van der Waals surface area (Å²) < 4.78 is 11.3. The van der Waals surface area contributed by atoms with Crippen LogP contribution in [-0.2, 0) is 13.0 Å². The summed E-state index contributed by atoms with van der Waals surface area (Å²) in [5, 5.41) is 3.90. The molecular weight excluding hydrogens is 328 g/mol. The van der Waals surface area contributed by atoms with E-state index in [1.807, 2.05) is 43.3 Å². The molecule has 1 N–H and O–H groups in total. The van der Waals surface area contributed by atoms with E-state index in [2.05, 4.69) is 10.3 Å². The van der Waals surface area contributed by atoms with Crippen LogP contribution in [0.25, 0.3) is 10.9 Å². The molecule has 2 aromatic carbocycles. The van der Waals surface area contributed by atoms with E-state index in [9.17, 15) is 4.79 Å². The van der Waals surface area contributed by atoms with Crippen LogP contribution in [0.5, 0.6) is 11.5 Å².